The first kappa shape index (κ1) is 17.8. The molecule has 118 valence electrons. The number of amides is 1. The van der Waals surface area contributed by atoms with Crippen LogP contribution in [0.25, 0.3) is 0 Å². The Morgan fingerprint density at radius 2 is 2.05 bits per heavy atom. The Bertz CT molecular complexity index is 296. The van der Waals surface area contributed by atoms with Crippen LogP contribution < -0.4 is 5.32 Å². The lowest BCUT2D eigenvalue weighted by atomic mass is 10.1. The third-order valence-corrected chi connectivity index (χ3v) is 5.11. The molecular weight excluding hydrogens is 268 g/mol. The lowest BCUT2D eigenvalue weighted by Crippen LogP contribution is -2.39. The number of nitrogens with one attached hydrogen (secondary N) is 1. The predicted octanol–water partition coefficient (Wildman–Crippen LogP) is 3.49. The molecule has 1 fully saturated rings. The van der Waals surface area contributed by atoms with Crippen molar-refractivity contribution in [2.45, 2.75) is 77.3 Å². The molecule has 4 heteroatoms. The van der Waals surface area contributed by atoms with Crippen molar-refractivity contribution < 1.29 is 4.79 Å². The molecule has 0 aromatic carbocycles. The Morgan fingerprint density at radius 3 is 2.60 bits per heavy atom. The Hall–Kier alpha value is -0.220. The Labute approximate surface area is 129 Å². The van der Waals surface area contributed by atoms with Gasteiger partial charge in [0.05, 0.1) is 12.2 Å². The second-order valence-corrected chi connectivity index (χ2v) is 7.65. The van der Waals surface area contributed by atoms with Gasteiger partial charge in [-0.05, 0) is 31.4 Å². The van der Waals surface area contributed by atoms with Gasteiger partial charge in [0.2, 0.25) is 5.91 Å². The normalized spacial score (nSPS) is 24.7. The van der Waals surface area contributed by atoms with E-state index in [-0.39, 0.29) is 12.2 Å². The fraction of sp³-hybridized carbons (Fsp3) is 0.938. The van der Waals surface area contributed by atoms with Crippen molar-refractivity contribution in [3.05, 3.63) is 0 Å². The number of carbonyl (C=O) groups is 1. The molecule has 0 radical (unpaired) electrons. The minimum absolute atomic E-state index is 0.0586. The summed E-state index contributed by atoms with van der Waals surface area (Å²) in [6, 6.07) is 0.0586. The number of hydrogen-bond donors (Lipinski definition) is 1. The molecular formula is C16H32N2OS. The van der Waals surface area contributed by atoms with Crippen LogP contribution in [0.5, 0.6) is 0 Å². The van der Waals surface area contributed by atoms with Crippen molar-refractivity contribution in [3.8, 4) is 0 Å². The summed E-state index contributed by atoms with van der Waals surface area (Å²) in [6.45, 7) is 9.78. The van der Waals surface area contributed by atoms with Crippen LogP contribution in [0.15, 0.2) is 0 Å². The fourth-order valence-corrected chi connectivity index (χ4v) is 3.05. The third-order valence-electron chi connectivity index (χ3n) is 4.07. The largest absolute Gasteiger partial charge is 0.326 e. The predicted molar refractivity (Wildman–Crippen MR) is 89.0 cm³/mol. The molecule has 0 spiro atoms. The van der Waals surface area contributed by atoms with E-state index in [1.54, 1.807) is 0 Å². The van der Waals surface area contributed by atoms with Gasteiger partial charge in [-0.1, -0.05) is 40.5 Å². The Kier molecular flexibility index (Phi) is 7.96. The standard InChI is InChI=1S/C16H32N2OS/c1-6-7-8-14-16(19)18(10-9-13(4)20-5)15(17-14)11-12(2)3/h12-15,17H,6-11H2,1-5H3. The van der Waals surface area contributed by atoms with Crippen LogP contribution in [0.3, 0.4) is 0 Å². The van der Waals surface area contributed by atoms with Crippen LogP contribution in [-0.4, -0.2) is 41.1 Å². The maximum Gasteiger partial charge on any atom is 0.241 e. The van der Waals surface area contributed by atoms with Gasteiger partial charge in [0, 0.05) is 11.8 Å². The molecule has 0 bridgehead atoms. The van der Waals surface area contributed by atoms with Gasteiger partial charge in [-0.25, -0.2) is 0 Å². The average molecular weight is 301 g/mol. The van der Waals surface area contributed by atoms with E-state index in [0.717, 1.165) is 38.6 Å². The van der Waals surface area contributed by atoms with Gasteiger partial charge < -0.3 is 4.90 Å². The number of rotatable bonds is 9. The first-order valence-electron chi connectivity index (χ1n) is 8.08. The Morgan fingerprint density at radius 1 is 1.35 bits per heavy atom. The highest BCUT2D eigenvalue weighted by Crippen LogP contribution is 2.22. The van der Waals surface area contributed by atoms with Gasteiger partial charge >= 0.3 is 0 Å². The second kappa shape index (κ2) is 8.93. The molecule has 1 N–H and O–H groups in total. The molecule has 0 aliphatic carbocycles. The summed E-state index contributed by atoms with van der Waals surface area (Å²) in [7, 11) is 0. The van der Waals surface area contributed by atoms with Crippen LogP contribution in [0.1, 0.15) is 59.8 Å². The molecule has 3 unspecified atom stereocenters. The van der Waals surface area contributed by atoms with Gasteiger partial charge in [-0.3, -0.25) is 10.1 Å². The number of thioether (sulfide) groups is 1. The molecule has 0 aromatic rings. The average Bonchev–Trinajstić information content (AvgIpc) is 2.69. The summed E-state index contributed by atoms with van der Waals surface area (Å²) < 4.78 is 0. The van der Waals surface area contributed by atoms with Crippen molar-refractivity contribution in [2.24, 2.45) is 5.92 Å². The van der Waals surface area contributed by atoms with Crippen molar-refractivity contribution in [1.29, 1.82) is 0 Å². The van der Waals surface area contributed by atoms with Gasteiger partial charge in [0.25, 0.3) is 0 Å². The quantitative estimate of drug-likeness (QED) is 0.707. The highest BCUT2D eigenvalue weighted by Gasteiger charge is 2.38. The van der Waals surface area contributed by atoms with Crippen LogP contribution in [0.4, 0.5) is 0 Å². The molecule has 1 heterocycles. The van der Waals surface area contributed by atoms with E-state index in [1.165, 1.54) is 0 Å². The van der Waals surface area contributed by atoms with E-state index in [4.69, 9.17) is 0 Å². The summed E-state index contributed by atoms with van der Waals surface area (Å²) >= 11 is 1.88. The molecule has 1 aliphatic heterocycles. The van der Waals surface area contributed by atoms with Crippen molar-refractivity contribution in [3.63, 3.8) is 0 Å². The fourth-order valence-electron chi connectivity index (χ4n) is 2.71. The third kappa shape index (κ3) is 5.28. The van der Waals surface area contributed by atoms with E-state index < -0.39 is 0 Å². The van der Waals surface area contributed by atoms with Gasteiger partial charge in [-0.2, -0.15) is 11.8 Å². The molecule has 1 amide bonds. The van der Waals surface area contributed by atoms with Crippen molar-refractivity contribution in [2.75, 3.05) is 12.8 Å². The van der Waals surface area contributed by atoms with E-state index >= 15 is 0 Å². The number of unbranched alkanes of at least 4 members (excludes halogenated alkanes) is 1. The highest BCUT2D eigenvalue weighted by atomic mass is 32.2. The van der Waals surface area contributed by atoms with Crippen LogP contribution >= 0.6 is 11.8 Å². The number of hydrogen-bond acceptors (Lipinski definition) is 3. The summed E-state index contributed by atoms with van der Waals surface area (Å²) in [5.41, 5.74) is 0. The lowest BCUT2D eigenvalue weighted by Gasteiger charge is -2.26. The number of carbonyl (C=O) groups excluding carboxylic acids is 1. The SMILES string of the molecule is CCCCC1NC(CC(C)C)N(CCC(C)SC)C1=O. The zero-order valence-electron chi connectivity index (χ0n) is 13.8. The summed E-state index contributed by atoms with van der Waals surface area (Å²) in [5, 5.41) is 4.19. The van der Waals surface area contributed by atoms with E-state index in [2.05, 4.69) is 44.2 Å². The number of nitrogens with zero attached hydrogens (tertiary/aromatic N) is 1. The van der Waals surface area contributed by atoms with Crippen LogP contribution in [0.2, 0.25) is 0 Å². The molecule has 1 aliphatic rings. The van der Waals surface area contributed by atoms with E-state index in [1.807, 2.05) is 11.8 Å². The van der Waals surface area contributed by atoms with Gasteiger partial charge in [-0.15, -0.1) is 0 Å². The van der Waals surface area contributed by atoms with Crippen molar-refractivity contribution in [1.82, 2.24) is 10.2 Å². The van der Waals surface area contributed by atoms with Crippen LogP contribution in [0, 0.1) is 5.92 Å². The molecule has 1 rings (SSSR count). The van der Waals surface area contributed by atoms with Crippen molar-refractivity contribution >= 4 is 17.7 Å². The maximum atomic E-state index is 12.6. The zero-order valence-corrected chi connectivity index (χ0v) is 14.6. The second-order valence-electron chi connectivity index (χ2n) is 6.37. The minimum atomic E-state index is 0.0586. The van der Waals surface area contributed by atoms with Gasteiger partial charge in [0.1, 0.15) is 0 Å². The minimum Gasteiger partial charge on any atom is -0.326 e. The first-order chi connectivity index (χ1) is 9.49. The molecule has 0 aromatic heterocycles. The van der Waals surface area contributed by atoms with Crippen LogP contribution in [-0.2, 0) is 4.79 Å². The summed E-state index contributed by atoms with van der Waals surface area (Å²) in [4.78, 5) is 14.7. The topological polar surface area (TPSA) is 32.3 Å². The molecule has 3 nitrogen and oxygen atoms in total. The molecule has 20 heavy (non-hydrogen) atoms. The summed E-state index contributed by atoms with van der Waals surface area (Å²) in [6.07, 6.45) is 7.81. The summed E-state index contributed by atoms with van der Waals surface area (Å²) in [5.74, 6) is 0.947. The monoisotopic (exact) mass is 300 g/mol. The molecule has 0 saturated carbocycles. The molecule has 1 saturated heterocycles. The smallest absolute Gasteiger partial charge is 0.241 e. The lowest BCUT2D eigenvalue weighted by molar-refractivity contribution is -0.130. The van der Waals surface area contributed by atoms with E-state index in [0.29, 0.717) is 17.1 Å². The Balaban J connectivity index is 2.61. The zero-order chi connectivity index (χ0) is 15.1. The van der Waals surface area contributed by atoms with E-state index in [9.17, 15) is 4.79 Å². The molecule has 3 atom stereocenters. The first-order valence-corrected chi connectivity index (χ1v) is 9.37. The highest BCUT2D eigenvalue weighted by molar-refractivity contribution is 7.99. The van der Waals surface area contributed by atoms with Gasteiger partial charge in [0.15, 0.2) is 0 Å². The maximum absolute atomic E-state index is 12.6.